The molecule has 1 heterocycles. The van der Waals surface area contributed by atoms with E-state index >= 15 is 0 Å². The van der Waals surface area contributed by atoms with Crippen LogP contribution in [0.25, 0.3) is 18.3 Å². The maximum atomic E-state index is 12.7. The smallest absolute Gasteiger partial charge is 0.335 e. The van der Waals surface area contributed by atoms with Crippen LogP contribution in [0.15, 0.2) is 47.3 Å². The fraction of sp³-hybridized carbons (Fsp3) is 0.0526. The molecule has 0 atom stereocenters. The number of aromatic amines is 1. The van der Waals surface area contributed by atoms with E-state index in [0.29, 0.717) is 21.8 Å². The molecule has 3 N–H and O–H groups in total. The fourth-order valence-electron chi connectivity index (χ4n) is 2.55. The first-order valence-corrected chi connectivity index (χ1v) is 7.63. The zero-order valence-corrected chi connectivity index (χ0v) is 13.9. The molecular formula is C19H16N2O5. The summed E-state index contributed by atoms with van der Waals surface area (Å²) in [6, 6.07) is 10.7. The number of aromatic nitrogens is 2. The Hall–Kier alpha value is -3.74. The molecule has 0 fully saturated rings. The van der Waals surface area contributed by atoms with Gasteiger partial charge in [0.05, 0.1) is 28.9 Å². The minimum absolute atomic E-state index is 0.00328. The van der Waals surface area contributed by atoms with Crippen molar-refractivity contribution in [2.75, 3.05) is 7.11 Å². The van der Waals surface area contributed by atoms with Crippen molar-refractivity contribution >= 4 is 18.6 Å². The predicted octanol–water partition coefficient (Wildman–Crippen LogP) is 0.817. The molecule has 0 aliphatic carbocycles. The Morgan fingerprint density at radius 1 is 1.27 bits per heavy atom. The third kappa shape index (κ3) is 3.10. The van der Waals surface area contributed by atoms with Crippen LogP contribution >= 0.6 is 0 Å². The highest BCUT2D eigenvalue weighted by atomic mass is 16.5. The standard InChI is InChI=1S/C19H16N2O5/c1-11-15(8-12-6-7-16(22)17(9-12)26-2)18(23)21(20-11)14-5-3-4-13(10-14)19(24)25/h3-10,20,22H,1H2,2H3,(H,24,25)/b15-8+. The van der Waals surface area contributed by atoms with E-state index in [-0.39, 0.29) is 22.6 Å². The number of carboxylic acid groups (broad SMARTS) is 1. The van der Waals surface area contributed by atoms with Gasteiger partial charge in [-0.15, -0.1) is 0 Å². The van der Waals surface area contributed by atoms with Gasteiger partial charge in [-0.25, -0.2) is 9.48 Å². The molecule has 7 heteroatoms. The number of H-pyrrole nitrogens is 1. The van der Waals surface area contributed by atoms with Crippen molar-refractivity contribution in [2.24, 2.45) is 0 Å². The molecule has 0 spiro atoms. The van der Waals surface area contributed by atoms with Gasteiger partial charge in [0.1, 0.15) is 0 Å². The average Bonchev–Trinajstić information content (AvgIpc) is 2.91. The number of aromatic carboxylic acids is 1. The van der Waals surface area contributed by atoms with Crippen molar-refractivity contribution in [3.8, 4) is 17.2 Å². The summed E-state index contributed by atoms with van der Waals surface area (Å²) in [5, 5.41) is 22.3. The summed E-state index contributed by atoms with van der Waals surface area (Å²) in [7, 11) is 1.43. The van der Waals surface area contributed by atoms with Crippen LogP contribution in [0.3, 0.4) is 0 Å². The molecule has 3 rings (SSSR count). The van der Waals surface area contributed by atoms with Crippen LogP contribution in [-0.2, 0) is 0 Å². The molecule has 0 aliphatic heterocycles. The number of phenolic OH excluding ortho intramolecular Hbond substituents is 1. The first-order chi connectivity index (χ1) is 12.4. The highest BCUT2D eigenvalue weighted by Gasteiger charge is 2.09. The number of nitrogens with one attached hydrogen (secondary N) is 1. The van der Waals surface area contributed by atoms with Gasteiger partial charge in [0, 0.05) is 0 Å². The van der Waals surface area contributed by atoms with Crippen LogP contribution in [0, 0.1) is 0 Å². The van der Waals surface area contributed by atoms with E-state index in [1.54, 1.807) is 30.3 Å². The fourth-order valence-corrected chi connectivity index (χ4v) is 2.55. The zero-order chi connectivity index (χ0) is 18.8. The first-order valence-electron chi connectivity index (χ1n) is 7.63. The Morgan fingerprint density at radius 3 is 2.73 bits per heavy atom. The van der Waals surface area contributed by atoms with Crippen LogP contribution in [0.1, 0.15) is 15.9 Å². The van der Waals surface area contributed by atoms with Gasteiger partial charge in [-0.3, -0.25) is 9.89 Å². The lowest BCUT2D eigenvalue weighted by Gasteiger charge is -2.03. The number of carbonyl (C=O) groups is 1. The molecule has 3 aromatic rings. The van der Waals surface area contributed by atoms with Crippen LogP contribution in [0.5, 0.6) is 11.5 Å². The minimum Gasteiger partial charge on any atom is -0.504 e. The van der Waals surface area contributed by atoms with E-state index in [1.807, 2.05) is 0 Å². The van der Waals surface area contributed by atoms with Gasteiger partial charge in [0.2, 0.25) is 0 Å². The number of hydrogen-bond acceptors (Lipinski definition) is 4. The van der Waals surface area contributed by atoms with Crippen molar-refractivity contribution in [1.82, 2.24) is 9.78 Å². The van der Waals surface area contributed by atoms with Crippen LogP contribution in [-0.4, -0.2) is 33.1 Å². The molecule has 0 aliphatic rings. The van der Waals surface area contributed by atoms with E-state index < -0.39 is 5.97 Å². The molecule has 1 aromatic heterocycles. The lowest BCUT2D eigenvalue weighted by molar-refractivity contribution is 0.0697. The van der Waals surface area contributed by atoms with Gasteiger partial charge in [-0.05, 0) is 42.0 Å². The number of rotatable bonds is 4. The SMILES string of the molecule is C=c1[nH]n(-c2cccc(C(=O)O)c2)c(=O)/c1=C/c1ccc(O)c(OC)c1. The van der Waals surface area contributed by atoms with Crippen molar-refractivity contribution in [1.29, 1.82) is 0 Å². The van der Waals surface area contributed by atoms with Gasteiger partial charge >= 0.3 is 5.97 Å². The Balaban J connectivity index is 2.15. The molecule has 7 nitrogen and oxygen atoms in total. The van der Waals surface area contributed by atoms with Gasteiger partial charge in [-0.1, -0.05) is 18.7 Å². The van der Waals surface area contributed by atoms with E-state index in [1.165, 1.54) is 30.0 Å². The molecular weight excluding hydrogens is 336 g/mol. The quantitative estimate of drug-likeness (QED) is 0.645. The topological polar surface area (TPSA) is 105 Å². The Bertz CT molecular complexity index is 1160. The molecule has 0 bridgehead atoms. The summed E-state index contributed by atoms with van der Waals surface area (Å²) in [6.45, 7) is 3.84. The molecule has 2 aromatic carbocycles. The van der Waals surface area contributed by atoms with E-state index in [9.17, 15) is 14.7 Å². The molecule has 0 saturated carbocycles. The summed E-state index contributed by atoms with van der Waals surface area (Å²) in [4.78, 5) is 23.9. The number of aromatic hydroxyl groups is 1. The Kier molecular flexibility index (Phi) is 4.36. The largest absolute Gasteiger partial charge is 0.504 e. The Morgan fingerprint density at radius 2 is 2.04 bits per heavy atom. The number of methoxy groups -OCH3 is 1. The number of phenols is 1. The zero-order valence-electron chi connectivity index (χ0n) is 13.9. The summed E-state index contributed by atoms with van der Waals surface area (Å²) in [6.07, 6.45) is 1.61. The summed E-state index contributed by atoms with van der Waals surface area (Å²) < 4.78 is 6.30. The maximum Gasteiger partial charge on any atom is 0.335 e. The van der Waals surface area contributed by atoms with Crippen LogP contribution in [0.2, 0.25) is 0 Å². The number of nitrogens with zero attached hydrogens (tertiary/aromatic N) is 1. The third-order valence-electron chi connectivity index (χ3n) is 3.87. The predicted molar refractivity (Wildman–Crippen MR) is 96.3 cm³/mol. The molecule has 0 amide bonds. The lowest BCUT2D eigenvalue weighted by atomic mass is 10.1. The van der Waals surface area contributed by atoms with Crippen LogP contribution in [0.4, 0.5) is 0 Å². The number of hydrogen-bond donors (Lipinski definition) is 3. The number of benzene rings is 2. The number of carboxylic acids is 1. The molecule has 132 valence electrons. The van der Waals surface area contributed by atoms with E-state index in [4.69, 9.17) is 9.84 Å². The lowest BCUT2D eigenvalue weighted by Crippen LogP contribution is -2.34. The van der Waals surface area contributed by atoms with Crippen LogP contribution < -0.4 is 20.9 Å². The molecule has 0 unspecified atom stereocenters. The van der Waals surface area contributed by atoms with Gasteiger partial charge in [-0.2, -0.15) is 0 Å². The number of ether oxygens (including phenoxy) is 1. The minimum atomic E-state index is -1.08. The van der Waals surface area contributed by atoms with E-state index in [2.05, 4.69) is 11.7 Å². The van der Waals surface area contributed by atoms with Crippen molar-refractivity contribution < 1.29 is 19.7 Å². The second-order valence-corrected chi connectivity index (χ2v) is 5.58. The average molecular weight is 352 g/mol. The molecule has 0 radical (unpaired) electrons. The highest BCUT2D eigenvalue weighted by molar-refractivity contribution is 5.88. The maximum absolute atomic E-state index is 12.7. The molecule has 0 saturated heterocycles. The van der Waals surface area contributed by atoms with Gasteiger partial charge in [0.25, 0.3) is 5.56 Å². The van der Waals surface area contributed by atoms with Gasteiger partial charge in [0.15, 0.2) is 11.5 Å². The Labute approximate surface area is 147 Å². The van der Waals surface area contributed by atoms with E-state index in [0.717, 1.165) is 0 Å². The van der Waals surface area contributed by atoms with Gasteiger partial charge < -0.3 is 14.9 Å². The normalized spacial score (nSPS) is 11.5. The second kappa shape index (κ2) is 6.64. The second-order valence-electron chi connectivity index (χ2n) is 5.58. The van der Waals surface area contributed by atoms with Crippen molar-refractivity contribution in [2.45, 2.75) is 0 Å². The first kappa shape index (κ1) is 17.1. The van der Waals surface area contributed by atoms with Crippen molar-refractivity contribution in [3.63, 3.8) is 0 Å². The highest BCUT2D eigenvalue weighted by Crippen LogP contribution is 2.26. The summed E-state index contributed by atoms with van der Waals surface area (Å²) in [5.74, 6) is -0.796. The summed E-state index contributed by atoms with van der Waals surface area (Å²) >= 11 is 0. The monoisotopic (exact) mass is 352 g/mol. The third-order valence-corrected chi connectivity index (χ3v) is 3.87. The van der Waals surface area contributed by atoms with Crippen molar-refractivity contribution in [3.05, 3.63) is 74.5 Å². The molecule has 26 heavy (non-hydrogen) atoms. The summed E-state index contributed by atoms with van der Waals surface area (Å²) in [5.41, 5.74) is 0.739.